The Hall–Kier alpha value is 1.32. The quantitative estimate of drug-likeness (QED) is 0.145. The number of halogens is 4. The zero-order valence-corrected chi connectivity index (χ0v) is 21.7. The molecular weight excluding hydrogens is 580 g/mol. The highest BCUT2D eigenvalue weighted by atomic mass is 79.9. The van der Waals surface area contributed by atoms with Gasteiger partial charge in [0.05, 0.1) is 22.2 Å². The van der Waals surface area contributed by atoms with Crippen LogP contribution in [0, 0.1) is 0 Å². The lowest BCUT2D eigenvalue weighted by molar-refractivity contribution is -0.175. The molecule has 1 rings (SSSR count). The van der Waals surface area contributed by atoms with Crippen LogP contribution in [0.3, 0.4) is 0 Å². The second-order valence-corrected chi connectivity index (χ2v) is 9.57. The standard InChI is InChI=1S/C19H30Br4O2/c1-3-5-7-9-10-12-14-25-19(24-13-11-8-6-4-2)17(22)15(20)16(21)18(19)23/h3-14H2,1-2H3. The van der Waals surface area contributed by atoms with Crippen LogP contribution in [-0.4, -0.2) is 19.0 Å². The third-order valence-electron chi connectivity index (χ3n) is 4.26. The van der Waals surface area contributed by atoms with Gasteiger partial charge < -0.3 is 9.47 Å². The first-order valence-electron chi connectivity index (χ1n) is 9.41. The van der Waals surface area contributed by atoms with Crippen molar-refractivity contribution < 1.29 is 9.47 Å². The molecule has 0 aromatic heterocycles. The molecule has 0 amide bonds. The molecule has 0 atom stereocenters. The Morgan fingerprint density at radius 2 is 0.960 bits per heavy atom. The van der Waals surface area contributed by atoms with Crippen molar-refractivity contribution in [2.24, 2.45) is 0 Å². The summed E-state index contributed by atoms with van der Waals surface area (Å²) in [6.45, 7) is 5.83. The SMILES string of the molecule is CCCCCCCCOC1(OCCCCCC)C(Br)=C(Br)C(Br)=C1Br. The van der Waals surface area contributed by atoms with Gasteiger partial charge >= 0.3 is 0 Å². The summed E-state index contributed by atoms with van der Waals surface area (Å²) in [5.41, 5.74) is 0. The lowest BCUT2D eigenvalue weighted by Gasteiger charge is -2.31. The third-order valence-corrected chi connectivity index (χ3v) is 9.28. The van der Waals surface area contributed by atoms with E-state index in [9.17, 15) is 0 Å². The van der Waals surface area contributed by atoms with E-state index in [0.717, 1.165) is 30.8 Å². The average molecular weight is 610 g/mol. The van der Waals surface area contributed by atoms with E-state index >= 15 is 0 Å². The fraction of sp³-hybridized carbons (Fsp3) is 0.789. The molecule has 25 heavy (non-hydrogen) atoms. The topological polar surface area (TPSA) is 18.5 Å². The van der Waals surface area contributed by atoms with E-state index in [-0.39, 0.29) is 0 Å². The third kappa shape index (κ3) is 7.34. The number of ether oxygens (including phenoxy) is 2. The molecule has 0 bridgehead atoms. The Labute approximate surface area is 187 Å². The largest absolute Gasteiger partial charge is 0.341 e. The summed E-state index contributed by atoms with van der Waals surface area (Å²) >= 11 is 14.6. The van der Waals surface area contributed by atoms with Crippen LogP contribution in [0.5, 0.6) is 0 Å². The van der Waals surface area contributed by atoms with Gasteiger partial charge in [-0.3, -0.25) is 0 Å². The van der Waals surface area contributed by atoms with E-state index < -0.39 is 5.79 Å². The molecule has 0 fully saturated rings. The molecule has 0 aromatic carbocycles. The molecule has 0 saturated heterocycles. The molecule has 146 valence electrons. The van der Waals surface area contributed by atoms with Gasteiger partial charge in [-0.15, -0.1) is 0 Å². The average Bonchev–Trinajstić information content (AvgIpc) is 2.77. The summed E-state index contributed by atoms with van der Waals surface area (Å²) in [6.07, 6.45) is 12.2. The first-order valence-corrected chi connectivity index (χ1v) is 12.6. The molecule has 1 aliphatic rings. The van der Waals surface area contributed by atoms with Crippen LogP contribution in [0.2, 0.25) is 0 Å². The Balaban J connectivity index is 2.58. The van der Waals surface area contributed by atoms with E-state index in [1.54, 1.807) is 0 Å². The lowest BCUT2D eigenvalue weighted by Crippen LogP contribution is -2.36. The van der Waals surface area contributed by atoms with Crippen molar-refractivity contribution in [2.45, 2.75) is 83.8 Å². The van der Waals surface area contributed by atoms with Crippen LogP contribution >= 0.6 is 63.7 Å². The molecule has 0 radical (unpaired) electrons. The molecular formula is C19H30Br4O2. The highest BCUT2D eigenvalue weighted by Crippen LogP contribution is 2.53. The zero-order valence-electron chi connectivity index (χ0n) is 15.3. The molecule has 0 aromatic rings. The van der Waals surface area contributed by atoms with Crippen LogP contribution in [-0.2, 0) is 9.47 Å². The van der Waals surface area contributed by atoms with Gasteiger partial charge in [0.1, 0.15) is 0 Å². The molecule has 1 aliphatic carbocycles. The monoisotopic (exact) mass is 606 g/mol. The number of allylic oxidation sites excluding steroid dienone is 2. The van der Waals surface area contributed by atoms with Gasteiger partial charge in [0.15, 0.2) is 0 Å². The molecule has 0 saturated carbocycles. The smallest absolute Gasteiger partial charge is 0.238 e. The van der Waals surface area contributed by atoms with Crippen LogP contribution in [0.1, 0.15) is 78.1 Å². The first kappa shape index (κ1) is 24.4. The maximum Gasteiger partial charge on any atom is 0.238 e. The van der Waals surface area contributed by atoms with Crippen LogP contribution < -0.4 is 0 Å². The van der Waals surface area contributed by atoms with Gasteiger partial charge in [0.25, 0.3) is 0 Å². The van der Waals surface area contributed by atoms with Gasteiger partial charge in [0.2, 0.25) is 5.79 Å². The fourth-order valence-corrected chi connectivity index (χ4v) is 5.68. The molecule has 0 N–H and O–H groups in total. The first-order chi connectivity index (χ1) is 12.0. The number of unbranched alkanes of at least 4 members (excludes halogenated alkanes) is 8. The van der Waals surface area contributed by atoms with Gasteiger partial charge in [-0.25, -0.2) is 0 Å². The Kier molecular flexibility index (Phi) is 13.1. The summed E-state index contributed by atoms with van der Waals surface area (Å²) in [6, 6.07) is 0. The normalized spacial score (nSPS) is 17.0. The van der Waals surface area contributed by atoms with E-state index in [4.69, 9.17) is 9.47 Å². The van der Waals surface area contributed by atoms with E-state index in [0.29, 0.717) is 13.2 Å². The Bertz CT molecular complexity index is 436. The van der Waals surface area contributed by atoms with Crippen LogP contribution in [0.4, 0.5) is 0 Å². The maximum absolute atomic E-state index is 6.28. The highest BCUT2D eigenvalue weighted by Gasteiger charge is 2.47. The van der Waals surface area contributed by atoms with Gasteiger partial charge in [-0.2, -0.15) is 0 Å². The molecule has 0 aliphatic heterocycles. The Morgan fingerprint density at radius 1 is 0.600 bits per heavy atom. The zero-order chi connectivity index (χ0) is 18.7. The number of hydrogen-bond donors (Lipinski definition) is 0. The molecule has 0 unspecified atom stereocenters. The minimum absolute atomic E-state index is 0.682. The summed E-state index contributed by atoms with van der Waals surface area (Å²) in [7, 11) is 0. The molecule has 0 heterocycles. The second-order valence-electron chi connectivity index (χ2n) is 6.40. The minimum Gasteiger partial charge on any atom is -0.341 e. The number of hydrogen-bond acceptors (Lipinski definition) is 2. The van der Waals surface area contributed by atoms with Gasteiger partial charge in [0, 0.05) is 8.96 Å². The van der Waals surface area contributed by atoms with Crippen molar-refractivity contribution in [1.29, 1.82) is 0 Å². The predicted molar refractivity (Wildman–Crippen MR) is 122 cm³/mol. The van der Waals surface area contributed by atoms with Crippen molar-refractivity contribution in [3.05, 3.63) is 17.9 Å². The van der Waals surface area contributed by atoms with Crippen molar-refractivity contribution in [3.63, 3.8) is 0 Å². The van der Waals surface area contributed by atoms with E-state index in [1.165, 1.54) is 51.4 Å². The summed E-state index contributed by atoms with van der Waals surface area (Å²) in [5.74, 6) is -0.854. The fourth-order valence-electron chi connectivity index (χ4n) is 2.72. The highest BCUT2D eigenvalue weighted by molar-refractivity contribution is 9.17. The van der Waals surface area contributed by atoms with Crippen molar-refractivity contribution in [2.75, 3.05) is 13.2 Å². The summed E-state index contributed by atoms with van der Waals surface area (Å²) < 4.78 is 16.2. The van der Waals surface area contributed by atoms with Gasteiger partial charge in [-0.1, -0.05) is 65.2 Å². The van der Waals surface area contributed by atoms with Gasteiger partial charge in [-0.05, 0) is 76.6 Å². The molecule has 6 heteroatoms. The van der Waals surface area contributed by atoms with E-state index in [1.807, 2.05) is 0 Å². The van der Waals surface area contributed by atoms with Crippen molar-refractivity contribution in [1.82, 2.24) is 0 Å². The lowest BCUT2D eigenvalue weighted by atomic mass is 10.1. The maximum atomic E-state index is 6.28. The molecule has 0 spiro atoms. The summed E-state index contributed by atoms with van der Waals surface area (Å²) in [5, 5.41) is 0. The predicted octanol–water partition coefficient (Wildman–Crippen LogP) is 8.67. The van der Waals surface area contributed by atoms with Crippen molar-refractivity contribution in [3.8, 4) is 0 Å². The Morgan fingerprint density at radius 3 is 1.40 bits per heavy atom. The van der Waals surface area contributed by atoms with E-state index in [2.05, 4.69) is 77.6 Å². The summed E-state index contributed by atoms with van der Waals surface area (Å²) in [4.78, 5) is 0. The minimum atomic E-state index is -0.854. The van der Waals surface area contributed by atoms with Crippen LogP contribution in [0.15, 0.2) is 17.9 Å². The second kappa shape index (κ2) is 13.5. The van der Waals surface area contributed by atoms with Crippen LogP contribution in [0.25, 0.3) is 0 Å². The molecule has 2 nitrogen and oxygen atoms in total. The number of rotatable bonds is 14. The van der Waals surface area contributed by atoms with Crippen molar-refractivity contribution >= 4 is 63.7 Å².